The molecule has 0 spiro atoms. The van der Waals surface area contributed by atoms with E-state index in [2.05, 4.69) is 0 Å². The van der Waals surface area contributed by atoms with Crippen molar-refractivity contribution in [3.05, 3.63) is 23.2 Å². The van der Waals surface area contributed by atoms with E-state index in [9.17, 15) is 13.5 Å². The molecule has 0 radical (unpaired) electrons. The van der Waals surface area contributed by atoms with Crippen LogP contribution in [0.3, 0.4) is 0 Å². The van der Waals surface area contributed by atoms with Crippen LogP contribution in [0.1, 0.15) is 13.3 Å². The molecule has 1 aromatic carbocycles. The fraction of sp³-hybridized carbons (Fsp3) is 0.500. The Morgan fingerprint density at radius 1 is 1.53 bits per heavy atom. The van der Waals surface area contributed by atoms with Crippen molar-refractivity contribution in [2.75, 3.05) is 18.9 Å². The second kappa shape index (κ2) is 5.28. The third-order valence-electron chi connectivity index (χ3n) is 3.58. The van der Waals surface area contributed by atoms with Crippen LogP contribution in [0.4, 0.5) is 5.69 Å². The zero-order chi connectivity index (χ0) is 14.2. The topological polar surface area (TPSA) is 83.6 Å². The summed E-state index contributed by atoms with van der Waals surface area (Å²) in [7, 11) is -3.78. The molecule has 106 valence electrons. The molecule has 3 N–H and O–H groups in total. The van der Waals surface area contributed by atoms with Gasteiger partial charge in [-0.05, 0) is 24.5 Å². The minimum Gasteiger partial charge on any atom is -0.398 e. The fourth-order valence-corrected chi connectivity index (χ4v) is 4.82. The number of sulfonamides is 1. The molecule has 2 rings (SSSR count). The monoisotopic (exact) mass is 304 g/mol. The summed E-state index contributed by atoms with van der Waals surface area (Å²) >= 11 is 5.97. The molecule has 1 aliphatic heterocycles. The van der Waals surface area contributed by atoms with E-state index in [0.717, 1.165) is 6.42 Å². The van der Waals surface area contributed by atoms with Crippen LogP contribution in [-0.4, -0.2) is 37.0 Å². The van der Waals surface area contributed by atoms with E-state index in [1.807, 2.05) is 6.92 Å². The molecule has 1 heterocycles. The predicted molar refractivity (Wildman–Crippen MR) is 74.4 cm³/mol. The van der Waals surface area contributed by atoms with Gasteiger partial charge in [0, 0.05) is 6.54 Å². The average molecular weight is 305 g/mol. The van der Waals surface area contributed by atoms with Gasteiger partial charge in [-0.3, -0.25) is 0 Å². The number of benzene rings is 1. The molecule has 19 heavy (non-hydrogen) atoms. The standard InChI is InChI=1S/C12H17ClN2O3S/c1-8-5-6-15(11(8)7-16)19(17,18)12-9(13)3-2-4-10(12)14/h2-4,8,11,16H,5-7,14H2,1H3. The van der Waals surface area contributed by atoms with Gasteiger partial charge in [0.05, 0.1) is 23.4 Å². The summed E-state index contributed by atoms with van der Waals surface area (Å²) in [5.74, 6) is 0.114. The number of nitrogen functional groups attached to an aromatic ring is 1. The third kappa shape index (κ3) is 2.45. The van der Waals surface area contributed by atoms with Crippen molar-refractivity contribution in [3.8, 4) is 0 Å². The van der Waals surface area contributed by atoms with E-state index < -0.39 is 16.1 Å². The molecular weight excluding hydrogens is 288 g/mol. The number of anilines is 1. The summed E-state index contributed by atoms with van der Waals surface area (Å²) in [6.45, 7) is 2.09. The summed E-state index contributed by atoms with van der Waals surface area (Å²) < 4.78 is 26.6. The number of rotatable bonds is 3. The summed E-state index contributed by atoms with van der Waals surface area (Å²) in [5, 5.41) is 9.49. The lowest BCUT2D eigenvalue weighted by Gasteiger charge is -2.25. The SMILES string of the molecule is CC1CCN(S(=O)(=O)c2c(N)cccc2Cl)C1CO. The van der Waals surface area contributed by atoms with Crippen molar-refractivity contribution in [2.24, 2.45) is 5.92 Å². The van der Waals surface area contributed by atoms with Gasteiger partial charge in [0.15, 0.2) is 0 Å². The molecule has 7 heteroatoms. The van der Waals surface area contributed by atoms with Crippen molar-refractivity contribution in [2.45, 2.75) is 24.3 Å². The molecule has 5 nitrogen and oxygen atoms in total. The molecule has 2 atom stereocenters. The minimum atomic E-state index is -3.78. The number of nitrogens with zero attached hydrogens (tertiary/aromatic N) is 1. The summed E-state index contributed by atoms with van der Waals surface area (Å²) in [4.78, 5) is -0.0655. The van der Waals surface area contributed by atoms with Crippen LogP contribution < -0.4 is 5.73 Å². The Kier molecular flexibility index (Phi) is 4.06. The zero-order valence-electron chi connectivity index (χ0n) is 10.6. The van der Waals surface area contributed by atoms with Crippen LogP contribution in [0.2, 0.25) is 5.02 Å². The molecule has 0 amide bonds. The van der Waals surface area contributed by atoms with Crippen molar-refractivity contribution >= 4 is 27.3 Å². The van der Waals surface area contributed by atoms with Crippen molar-refractivity contribution in [1.82, 2.24) is 4.31 Å². The van der Waals surface area contributed by atoms with E-state index in [1.54, 1.807) is 6.07 Å². The number of hydrogen-bond donors (Lipinski definition) is 2. The van der Waals surface area contributed by atoms with Gasteiger partial charge in [0.1, 0.15) is 4.90 Å². The minimum absolute atomic E-state index is 0.0655. The number of halogens is 1. The van der Waals surface area contributed by atoms with Crippen LogP contribution >= 0.6 is 11.6 Å². The van der Waals surface area contributed by atoms with E-state index in [-0.39, 0.29) is 28.1 Å². The molecule has 1 saturated heterocycles. The van der Waals surface area contributed by atoms with Gasteiger partial charge in [0.25, 0.3) is 0 Å². The largest absolute Gasteiger partial charge is 0.398 e. The number of hydrogen-bond acceptors (Lipinski definition) is 4. The van der Waals surface area contributed by atoms with Crippen LogP contribution in [0.5, 0.6) is 0 Å². The first kappa shape index (κ1) is 14.6. The lowest BCUT2D eigenvalue weighted by atomic mass is 10.0. The zero-order valence-corrected chi connectivity index (χ0v) is 12.2. The quantitative estimate of drug-likeness (QED) is 0.825. The molecular formula is C12H17ClN2O3S. The predicted octanol–water partition coefficient (Wildman–Crippen LogP) is 1.31. The van der Waals surface area contributed by atoms with Crippen LogP contribution in [0.25, 0.3) is 0 Å². The second-order valence-corrected chi connectivity index (χ2v) is 7.02. The van der Waals surface area contributed by atoms with Crippen molar-refractivity contribution in [1.29, 1.82) is 0 Å². The Hall–Kier alpha value is -0.820. The maximum atomic E-state index is 12.6. The lowest BCUT2D eigenvalue weighted by molar-refractivity contribution is 0.191. The normalized spacial score (nSPS) is 24.8. The fourth-order valence-electron chi connectivity index (χ4n) is 2.46. The van der Waals surface area contributed by atoms with E-state index in [4.69, 9.17) is 17.3 Å². The first-order valence-electron chi connectivity index (χ1n) is 6.06. The summed E-state index contributed by atoms with van der Waals surface area (Å²) in [6, 6.07) is 4.19. The smallest absolute Gasteiger partial charge is 0.246 e. The van der Waals surface area contributed by atoms with Gasteiger partial charge in [-0.25, -0.2) is 8.42 Å². The third-order valence-corrected chi connectivity index (χ3v) is 6.05. The van der Waals surface area contributed by atoms with Crippen LogP contribution in [0.15, 0.2) is 23.1 Å². The molecule has 0 aromatic heterocycles. The van der Waals surface area contributed by atoms with Gasteiger partial charge in [0.2, 0.25) is 10.0 Å². The summed E-state index contributed by atoms with van der Waals surface area (Å²) in [6.07, 6.45) is 0.717. The second-order valence-electron chi connectivity index (χ2n) is 4.79. The van der Waals surface area contributed by atoms with Gasteiger partial charge in [-0.2, -0.15) is 4.31 Å². The maximum Gasteiger partial charge on any atom is 0.246 e. The molecule has 0 saturated carbocycles. The molecule has 2 unspecified atom stereocenters. The molecule has 0 bridgehead atoms. The van der Waals surface area contributed by atoms with Gasteiger partial charge >= 0.3 is 0 Å². The maximum absolute atomic E-state index is 12.6. The van der Waals surface area contributed by atoms with E-state index in [0.29, 0.717) is 6.54 Å². The number of aliphatic hydroxyl groups excluding tert-OH is 1. The highest BCUT2D eigenvalue weighted by Gasteiger charge is 2.40. The Morgan fingerprint density at radius 3 is 2.79 bits per heavy atom. The van der Waals surface area contributed by atoms with Crippen LogP contribution in [-0.2, 0) is 10.0 Å². The van der Waals surface area contributed by atoms with Crippen molar-refractivity contribution in [3.63, 3.8) is 0 Å². The molecule has 1 aliphatic rings. The Balaban J connectivity index is 2.49. The van der Waals surface area contributed by atoms with Gasteiger partial charge in [-0.15, -0.1) is 0 Å². The highest BCUT2D eigenvalue weighted by Crippen LogP contribution is 2.35. The Labute approximate surface area is 118 Å². The lowest BCUT2D eigenvalue weighted by Crippen LogP contribution is -2.40. The van der Waals surface area contributed by atoms with E-state index >= 15 is 0 Å². The molecule has 0 aliphatic carbocycles. The Bertz CT molecular complexity index is 556. The first-order chi connectivity index (χ1) is 8.89. The van der Waals surface area contributed by atoms with Gasteiger partial charge in [-0.1, -0.05) is 24.6 Å². The first-order valence-corrected chi connectivity index (χ1v) is 7.88. The van der Waals surface area contributed by atoms with E-state index in [1.165, 1.54) is 16.4 Å². The van der Waals surface area contributed by atoms with Crippen molar-refractivity contribution < 1.29 is 13.5 Å². The Morgan fingerprint density at radius 2 is 2.21 bits per heavy atom. The number of nitrogens with two attached hydrogens (primary N) is 1. The summed E-state index contributed by atoms with van der Waals surface area (Å²) in [5.41, 5.74) is 5.87. The highest BCUT2D eigenvalue weighted by molar-refractivity contribution is 7.89. The average Bonchev–Trinajstić information content (AvgIpc) is 2.70. The molecule has 1 fully saturated rings. The molecule has 1 aromatic rings. The highest BCUT2D eigenvalue weighted by atomic mass is 35.5. The van der Waals surface area contributed by atoms with Crippen LogP contribution in [0, 0.1) is 5.92 Å². The number of aliphatic hydroxyl groups is 1. The van der Waals surface area contributed by atoms with Gasteiger partial charge < -0.3 is 10.8 Å².